The summed E-state index contributed by atoms with van der Waals surface area (Å²) in [5, 5.41) is 2.63. The molecule has 0 atom stereocenters. The number of carbonyl (C=O) groups excluding carboxylic acids is 1. The topological polar surface area (TPSA) is 75.3 Å². The van der Waals surface area contributed by atoms with Gasteiger partial charge in [-0.15, -0.1) is 0 Å². The van der Waals surface area contributed by atoms with Crippen molar-refractivity contribution in [3.63, 3.8) is 0 Å². The summed E-state index contributed by atoms with van der Waals surface area (Å²) in [4.78, 5) is 12.3. The highest BCUT2D eigenvalue weighted by molar-refractivity contribution is 7.92. The number of hydrogen-bond acceptors (Lipinski definition) is 3. The number of benzene rings is 3. The minimum atomic E-state index is -3.79. The van der Waals surface area contributed by atoms with E-state index in [1.165, 1.54) is 48.5 Å². The van der Waals surface area contributed by atoms with Gasteiger partial charge in [-0.2, -0.15) is 0 Å². The van der Waals surface area contributed by atoms with E-state index >= 15 is 0 Å². The van der Waals surface area contributed by atoms with Crippen LogP contribution in [0.4, 0.5) is 15.8 Å². The minimum absolute atomic E-state index is 0.0495. The highest BCUT2D eigenvalue weighted by atomic mass is 32.2. The SMILES string of the molecule is Cc1cccc(C)c1NS(=O)(=O)c1ccc(C(=O)Nc2ccc(F)cc2)cc1. The van der Waals surface area contributed by atoms with E-state index < -0.39 is 21.7 Å². The third-order valence-corrected chi connectivity index (χ3v) is 5.61. The van der Waals surface area contributed by atoms with Gasteiger partial charge in [0.15, 0.2) is 0 Å². The number of hydrogen-bond donors (Lipinski definition) is 2. The molecule has 0 aliphatic rings. The Labute approximate surface area is 163 Å². The third-order valence-electron chi connectivity index (χ3n) is 4.25. The van der Waals surface area contributed by atoms with Crippen molar-refractivity contribution in [2.24, 2.45) is 0 Å². The second kappa shape index (κ2) is 7.82. The largest absolute Gasteiger partial charge is 0.322 e. The molecular weight excluding hydrogens is 379 g/mol. The van der Waals surface area contributed by atoms with Gasteiger partial charge in [0.2, 0.25) is 0 Å². The molecule has 0 bridgehead atoms. The number of carbonyl (C=O) groups is 1. The zero-order valence-corrected chi connectivity index (χ0v) is 16.2. The zero-order chi connectivity index (χ0) is 20.3. The number of sulfonamides is 1. The number of anilines is 2. The van der Waals surface area contributed by atoms with Gasteiger partial charge in [0, 0.05) is 11.3 Å². The van der Waals surface area contributed by atoms with Crippen molar-refractivity contribution in [2.45, 2.75) is 18.7 Å². The molecule has 0 radical (unpaired) electrons. The van der Waals surface area contributed by atoms with E-state index in [2.05, 4.69) is 10.0 Å². The molecule has 0 spiro atoms. The van der Waals surface area contributed by atoms with Crippen molar-refractivity contribution in [3.8, 4) is 0 Å². The first-order valence-electron chi connectivity index (χ1n) is 8.52. The fourth-order valence-corrected chi connectivity index (χ4v) is 3.89. The Balaban J connectivity index is 1.77. The van der Waals surface area contributed by atoms with Crippen LogP contribution in [0.5, 0.6) is 0 Å². The number of nitrogens with one attached hydrogen (secondary N) is 2. The standard InChI is InChI=1S/C21H19FN2O3S/c1-14-4-3-5-15(2)20(14)24-28(26,27)19-12-6-16(7-13-19)21(25)23-18-10-8-17(22)9-11-18/h3-13,24H,1-2H3,(H,23,25). The third kappa shape index (κ3) is 4.37. The molecule has 144 valence electrons. The van der Waals surface area contributed by atoms with Gasteiger partial charge < -0.3 is 5.32 Å². The van der Waals surface area contributed by atoms with Gasteiger partial charge in [0.1, 0.15) is 5.82 Å². The lowest BCUT2D eigenvalue weighted by Gasteiger charge is -2.13. The molecular formula is C21H19FN2O3S. The van der Waals surface area contributed by atoms with Crippen LogP contribution >= 0.6 is 0 Å². The smallest absolute Gasteiger partial charge is 0.261 e. The Morgan fingerprint density at radius 1 is 0.857 bits per heavy atom. The van der Waals surface area contributed by atoms with Gasteiger partial charge in [-0.1, -0.05) is 18.2 Å². The molecule has 0 aromatic heterocycles. The number of rotatable bonds is 5. The first-order chi connectivity index (χ1) is 13.3. The van der Waals surface area contributed by atoms with Crippen molar-refractivity contribution < 1.29 is 17.6 Å². The average Bonchev–Trinajstić information content (AvgIpc) is 2.67. The quantitative estimate of drug-likeness (QED) is 0.665. The van der Waals surface area contributed by atoms with E-state index in [-0.39, 0.29) is 10.5 Å². The molecule has 0 aliphatic carbocycles. The van der Waals surface area contributed by atoms with Crippen molar-refractivity contribution in [1.82, 2.24) is 0 Å². The number of halogens is 1. The number of amides is 1. The summed E-state index contributed by atoms with van der Waals surface area (Å²) in [6.45, 7) is 3.65. The number of para-hydroxylation sites is 1. The lowest BCUT2D eigenvalue weighted by Crippen LogP contribution is -2.16. The second-order valence-corrected chi connectivity index (χ2v) is 8.04. The van der Waals surface area contributed by atoms with Crippen LogP contribution < -0.4 is 10.0 Å². The van der Waals surface area contributed by atoms with Crippen LogP contribution in [-0.4, -0.2) is 14.3 Å². The van der Waals surface area contributed by atoms with Crippen LogP contribution in [0, 0.1) is 19.7 Å². The number of aryl methyl sites for hydroxylation is 2. The maximum Gasteiger partial charge on any atom is 0.261 e. The molecule has 2 N–H and O–H groups in total. The van der Waals surface area contributed by atoms with Gasteiger partial charge >= 0.3 is 0 Å². The summed E-state index contributed by atoms with van der Waals surface area (Å²) in [6, 6.07) is 16.5. The molecule has 5 nitrogen and oxygen atoms in total. The summed E-state index contributed by atoms with van der Waals surface area (Å²) in [7, 11) is -3.79. The summed E-state index contributed by atoms with van der Waals surface area (Å²) in [5.41, 5.74) is 2.91. The minimum Gasteiger partial charge on any atom is -0.322 e. The van der Waals surface area contributed by atoms with Crippen molar-refractivity contribution in [1.29, 1.82) is 0 Å². The predicted molar refractivity (Wildman–Crippen MR) is 108 cm³/mol. The van der Waals surface area contributed by atoms with E-state index in [0.29, 0.717) is 11.4 Å². The molecule has 0 heterocycles. The van der Waals surface area contributed by atoms with Crippen LogP contribution in [0.1, 0.15) is 21.5 Å². The van der Waals surface area contributed by atoms with E-state index in [0.717, 1.165) is 11.1 Å². The summed E-state index contributed by atoms with van der Waals surface area (Å²) >= 11 is 0. The lowest BCUT2D eigenvalue weighted by molar-refractivity contribution is 0.102. The predicted octanol–water partition coefficient (Wildman–Crippen LogP) is 4.50. The lowest BCUT2D eigenvalue weighted by atomic mass is 10.1. The molecule has 0 unspecified atom stereocenters. The van der Waals surface area contributed by atoms with Gasteiger partial charge in [-0.3, -0.25) is 9.52 Å². The molecule has 3 aromatic rings. The average molecular weight is 398 g/mol. The van der Waals surface area contributed by atoms with Crippen LogP contribution in [-0.2, 0) is 10.0 Å². The van der Waals surface area contributed by atoms with Crippen LogP contribution in [0.3, 0.4) is 0 Å². The van der Waals surface area contributed by atoms with Gasteiger partial charge in [-0.25, -0.2) is 12.8 Å². The summed E-state index contributed by atoms with van der Waals surface area (Å²) in [5.74, 6) is -0.817. The Bertz CT molecular complexity index is 1090. The monoisotopic (exact) mass is 398 g/mol. The maximum absolute atomic E-state index is 12.9. The Kier molecular flexibility index (Phi) is 5.46. The fraction of sp³-hybridized carbons (Fsp3) is 0.0952. The molecule has 3 aromatic carbocycles. The molecule has 0 saturated carbocycles. The van der Waals surface area contributed by atoms with Crippen molar-refractivity contribution in [3.05, 3.63) is 89.2 Å². The Hall–Kier alpha value is -3.19. The molecule has 0 saturated heterocycles. The Morgan fingerprint density at radius 2 is 1.43 bits per heavy atom. The van der Waals surface area contributed by atoms with Crippen LogP contribution in [0.15, 0.2) is 71.6 Å². The highest BCUT2D eigenvalue weighted by Crippen LogP contribution is 2.23. The van der Waals surface area contributed by atoms with Gasteiger partial charge in [0.05, 0.1) is 10.6 Å². The summed E-state index contributed by atoms with van der Waals surface area (Å²) in [6.07, 6.45) is 0. The molecule has 7 heteroatoms. The zero-order valence-electron chi connectivity index (χ0n) is 15.4. The van der Waals surface area contributed by atoms with Crippen LogP contribution in [0.25, 0.3) is 0 Å². The van der Waals surface area contributed by atoms with Gasteiger partial charge in [-0.05, 0) is 73.5 Å². The van der Waals surface area contributed by atoms with Crippen molar-refractivity contribution in [2.75, 3.05) is 10.0 Å². The summed E-state index contributed by atoms with van der Waals surface area (Å²) < 4.78 is 40.9. The van der Waals surface area contributed by atoms with Crippen LogP contribution in [0.2, 0.25) is 0 Å². The first kappa shape index (κ1) is 19.6. The van der Waals surface area contributed by atoms with Crippen molar-refractivity contribution >= 4 is 27.3 Å². The normalized spacial score (nSPS) is 11.1. The molecule has 0 aliphatic heterocycles. The van der Waals surface area contributed by atoms with E-state index in [4.69, 9.17) is 0 Å². The second-order valence-electron chi connectivity index (χ2n) is 6.36. The van der Waals surface area contributed by atoms with E-state index in [9.17, 15) is 17.6 Å². The first-order valence-corrected chi connectivity index (χ1v) is 10.0. The molecule has 1 amide bonds. The van der Waals surface area contributed by atoms with E-state index in [1.807, 2.05) is 32.0 Å². The maximum atomic E-state index is 12.9. The fourth-order valence-electron chi connectivity index (χ4n) is 2.69. The Morgan fingerprint density at radius 3 is 2.00 bits per heavy atom. The van der Waals surface area contributed by atoms with Gasteiger partial charge in [0.25, 0.3) is 15.9 Å². The van der Waals surface area contributed by atoms with E-state index in [1.54, 1.807) is 0 Å². The molecule has 28 heavy (non-hydrogen) atoms. The molecule has 0 fully saturated rings. The molecule has 3 rings (SSSR count). The highest BCUT2D eigenvalue weighted by Gasteiger charge is 2.17.